The highest BCUT2D eigenvalue weighted by atomic mass is 16.3. The van der Waals surface area contributed by atoms with Crippen LogP contribution in [0.4, 0.5) is 0 Å². The fourth-order valence-corrected chi connectivity index (χ4v) is 3.97. The highest BCUT2D eigenvalue weighted by Gasteiger charge is 2.48. The van der Waals surface area contributed by atoms with Crippen LogP contribution in [-0.2, 0) is 0 Å². The lowest BCUT2D eigenvalue weighted by Gasteiger charge is -2.57. The zero-order chi connectivity index (χ0) is 11.1. The highest BCUT2D eigenvalue weighted by molar-refractivity contribution is 5.02. The normalized spacial score (nSPS) is 32.8. The van der Waals surface area contributed by atoms with E-state index in [4.69, 9.17) is 0 Å². The van der Waals surface area contributed by atoms with Crippen LogP contribution < -0.4 is 0 Å². The van der Waals surface area contributed by atoms with Crippen molar-refractivity contribution in [2.75, 3.05) is 19.6 Å². The lowest BCUT2D eigenvalue weighted by molar-refractivity contribution is -0.105. The third-order valence-electron chi connectivity index (χ3n) is 5.08. The van der Waals surface area contributed by atoms with Gasteiger partial charge in [0.15, 0.2) is 0 Å². The molecule has 0 bridgehead atoms. The Morgan fingerprint density at radius 2 is 1.44 bits per heavy atom. The second-order valence-corrected chi connectivity index (χ2v) is 6.64. The van der Waals surface area contributed by atoms with Gasteiger partial charge in [0, 0.05) is 19.6 Å². The first-order valence-corrected chi connectivity index (χ1v) is 7.15. The molecule has 16 heavy (non-hydrogen) atoms. The molecule has 0 aromatic heterocycles. The second-order valence-electron chi connectivity index (χ2n) is 6.64. The molecule has 1 saturated heterocycles. The van der Waals surface area contributed by atoms with Crippen LogP contribution in [0.1, 0.15) is 57.8 Å². The van der Waals surface area contributed by atoms with Crippen molar-refractivity contribution in [1.82, 2.24) is 4.90 Å². The van der Waals surface area contributed by atoms with Crippen LogP contribution >= 0.6 is 0 Å². The number of aliphatic hydroxyl groups is 1. The third-order valence-corrected chi connectivity index (χ3v) is 5.08. The summed E-state index contributed by atoms with van der Waals surface area (Å²) in [5, 5.41) is 10.6. The van der Waals surface area contributed by atoms with Gasteiger partial charge >= 0.3 is 0 Å². The Labute approximate surface area is 99.0 Å². The van der Waals surface area contributed by atoms with Gasteiger partial charge in [-0.05, 0) is 31.1 Å². The molecular formula is C14H25NO. The Balaban J connectivity index is 1.50. The summed E-state index contributed by atoms with van der Waals surface area (Å²) in [5.41, 5.74) is 0.364. The number of hydrogen-bond acceptors (Lipinski definition) is 2. The molecule has 1 heterocycles. The maximum Gasteiger partial charge on any atom is 0.0774 e. The molecule has 2 saturated carbocycles. The van der Waals surface area contributed by atoms with Gasteiger partial charge in [-0.15, -0.1) is 0 Å². The summed E-state index contributed by atoms with van der Waals surface area (Å²) in [6.45, 7) is 3.50. The minimum atomic E-state index is -0.345. The van der Waals surface area contributed by atoms with Crippen LogP contribution in [0.5, 0.6) is 0 Å². The maximum absolute atomic E-state index is 10.6. The van der Waals surface area contributed by atoms with E-state index in [9.17, 15) is 5.11 Å². The van der Waals surface area contributed by atoms with Crippen molar-refractivity contribution in [3.63, 3.8) is 0 Å². The molecule has 3 aliphatic rings. The van der Waals surface area contributed by atoms with Gasteiger partial charge in [0.25, 0.3) is 0 Å². The fraction of sp³-hybridized carbons (Fsp3) is 1.00. The molecule has 3 rings (SSSR count). The first kappa shape index (κ1) is 11.0. The van der Waals surface area contributed by atoms with Gasteiger partial charge in [-0.3, -0.25) is 4.90 Å². The maximum atomic E-state index is 10.6. The molecule has 0 aromatic carbocycles. The van der Waals surface area contributed by atoms with Crippen molar-refractivity contribution < 1.29 is 5.11 Å². The van der Waals surface area contributed by atoms with Gasteiger partial charge < -0.3 is 5.11 Å². The Morgan fingerprint density at radius 1 is 0.812 bits per heavy atom. The van der Waals surface area contributed by atoms with Crippen molar-refractivity contribution in [3.8, 4) is 0 Å². The molecule has 2 heteroatoms. The van der Waals surface area contributed by atoms with Crippen molar-refractivity contribution >= 4 is 0 Å². The first-order valence-electron chi connectivity index (χ1n) is 7.15. The quantitative estimate of drug-likeness (QED) is 0.727. The second kappa shape index (κ2) is 3.99. The summed E-state index contributed by atoms with van der Waals surface area (Å²) in [6.07, 6.45) is 11.5. The van der Waals surface area contributed by atoms with Crippen LogP contribution in [0.15, 0.2) is 0 Å². The van der Waals surface area contributed by atoms with Crippen LogP contribution in [0.3, 0.4) is 0 Å². The van der Waals surface area contributed by atoms with Crippen molar-refractivity contribution in [2.45, 2.75) is 63.4 Å². The molecule has 0 amide bonds. The number of β-amino-alcohol motifs (C(OH)–C–C–N with tert-alkyl or cyclic N) is 1. The van der Waals surface area contributed by atoms with Gasteiger partial charge in [-0.2, -0.15) is 0 Å². The Kier molecular flexibility index (Phi) is 2.75. The molecule has 2 aliphatic carbocycles. The van der Waals surface area contributed by atoms with Crippen LogP contribution in [0.2, 0.25) is 0 Å². The largest absolute Gasteiger partial charge is 0.389 e. The molecular weight excluding hydrogens is 198 g/mol. The zero-order valence-corrected chi connectivity index (χ0v) is 10.4. The number of hydrogen-bond donors (Lipinski definition) is 1. The minimum absolute atomic E-state index is 0.345. The third kappa shape index (κ3) is 2.02. The Hall–Kier alpha value is -0.0800. The average molecular weight is 223 g/mol. The molecule has 92 valence electrons. The van der Waals surface area contributed by atoms with Crippen LogP contribution in [-0.4, -0.2) is 35.2 Å². The lowest BCUT2D eigenvalue weighted by Crippen LogP contribution is -2.62. The molecule has 0 unspecified atom stereocenters. The molecule has 0 atom stereocenters. The van der Waals surface area contributed by atoms with E-state index in [0.717, 1.165) is 19.4 Å². The van der Waals surface area contributed by atoms with Gasteiger partial charge in [-0.1, -0.05) is 32.1 Å². The summed E-state index contributed by atoms with van der Waals surface area (Å²) in [4.78, 5) is 2.50. The first-order chi connectivity index (χ1) is 7.70. The molecule has 1 N–H and O–H groups in total. The highest BCUT2D eigenvalue weighted by Crippen LogP contribution is 2.48. The van der Waals surface area contributed by atoms with Crippen molar-refractivity contribution in [3.05, 3.63) is 0 Å². The van der Waals surface area contributed by atoms with E-state index in [-0.39, 0.29) is 5.60 Å². The molecule has 1 spiro atoms. The number of nitrogens with zero attached hydrogens (tertiary/aromatic N) is 1. The Bertz CT molecular complexity index is 243. The molecule has 2 nitrogen and oxygen atoms in total. The summed E-state index contributed by atoms with van der Waals surface area (Å²) in [7, 11) is 0. The molecule has 1 aliphatic heterocycles. The van der Waals surface area contributed by atoms with Crippen LogP contribution in [0.25, 0.3) is 0 Å². The topological polar surface area (TPSA) is 23.5 Å². The van der Waals surface area contributed by atoms with E-state index in [1.807, 2.05) is 0 Å². The van der Waals surface area contributed by atoms with E-state index in [0.29, 0.717) is 5.41 Å². The van der Waals surface area contributed by atoms with E-state index < -0.39 is 0 Å². The standard InChI is InChI=1S/C14H25NO/c16-14(8-3-1-2-4-9-14)12-15-10-13(11-15)6-5-7-13/h16H,1-12H2. The summed E-state index contributed by atoms with van der Waals surface area (Å²) >= 11 is 0. The van der Waals surface area contributed by atoms with Gasteiger partial charge in [0.1, 0.15) is 0 Å². The summed E-state index contributed by atoms with van der Waals surface area (Å²) in [5.74, 6) is 0. The van der Waals surface area contributed by atoms with E-state index in [1.165, 1.54) is 58.0 Å². The van der Waals surface area contributed by atoms with Crippen LogP contribution in [0, 0.1) is 5.41 Å². The SMILES string of the molecule is OC1(CN2CC3(CCC3)C2)CCCCCC1. The molecule has 0 radical (unpaired) electrons. The number of rotatable bonds is 2. The van der Waals surface area contributed by atoms with Crippen molar-refractivity contribution in [1.29, 1.82) is 0 Å². The van der Waals surface area contributed by atoms with Gasteiger partial charge in [-0.25, -0.2) is 0 Å². The van der Waals surface area contributed by atoms with Crippen molar-refractivity contribution in [2.24, 2.45) is 5.41 Å². The zero-order valence-electron chi connectivity index (χ0n) is 10.4. The predicted molar refractivity (Wildman–Crippen MR) is 65.4 cm³/mol. The molecule has 3 fully saturated rings. The lowest BCUT2D eigenvalue weighted by atomic mass is 9.63. The van der Waals surface area contributed by atoms with E-state index in [2.05, 4.69) is 4.90 Å². The van der Waals surface area contributed by atoms with Gasteiger partial charge in [0.2, 0.25) is 0 Å². The summed E-state index contributed by atoms with van der Waals surface area (Å²) in [6, 6.07) is 0. The average Bonchev–Trinajstić information content (AvgIpc) is 2.33. The molecule has 0 aromatic rings. The minimum Gasteiger partial charge on any atom is -0.389 e. The monoisotopic (exact) mass is 223 g/mol. The van der Waals surface area contributed by atoms with Gasteiger partial charge in [0.05, 0.1) is 5.60 Å². The van der Waals surface area contributed by atoms with E-state index in [1.54, 1.807) is 0 Å². The number of likely N-dealkylation sites (tertiary alicyclic amines) is 1. The van der Waals surface area contributed by atoms with E-state index >= 15 is 0 Å². The Morgan fingerprint density at radius 3 is 1.94 bits per heavy atom. The smallest absolute Gasteiger partial charge is 0.0774 e. The fourth-order valence-electron chi connectivity index (χ4n) is 3.97. The predicted octanol–water partition coefficient (Wildman–Crippen LogP) is 2.56. The summed E-state index contributed by atoms with van der Waals surface area (Å²) < 4.78 is 0.